The van der Waals surface area contributed by atoms with Crippen LogP contribution in [0.1, 0.15) is 70.8 Å². The number of hydrogen-bond acceptors (Lipinski definition) is 4. The Bertz CT molecular complexity index is 1440. The molecule has 206 valence electrons. The predicted octanol–water partition coefficient (Wildman–Crippen LogP) is 5.88. The van der Waals surface area contributed by atoms with Gasteiger partial charge in [-0.1, -0.05) is 12.1 Å². The summed E-state index contributed by atoms with van der Waals surface area (Å²) >= 11 is 0. The SMILES string of the molecule is Cn1cnnc1[C@@H](F)[C@@](C)(F)c1cccc(N2Cc3c(cc(CN4CCC5(CC5)C4)cc3C(F)(F)F)C2=O)c1. The second-order valence-corrected chi connectivity index (χ2v) is 11.3. The van der Waals surface area contributed by atoms with Crippen molar-refractivity contribution in [3.63, 3.8) is 0 Å². The number of anilines is 1. The van der Waals surface area contributed by atoms with Crippen molar-refractivity contribution < 1.29 is 26.7 Å². The highest BCUT2D eigenvalue weighted by Crippen LogP contribution is 2.53. The molecule has 2 atom stereocenters. The number of rotatable bonds is 6. The van der Waals surface area contributed by atoms with Crippen molar-refractivity contribution >= 4 is 11.6 Å². The van der Waals surface area contributed by atoms with Gasteiger partial charge in [-0.05, 0) is 79.1 Å². The van der Waals surface area contributed by atoms with Crippen LogP contribution in [0.2, 0.25) is 0 Å². The van der Waals surface area contributed by atoms with Gasteiger partial charge in [0.2, 0.25) is 0 Å². The molecule has 1 aromatic heterocycles. The lowest BCUT2D eigenvalue weighted by Gasteiger charge is -2.26. The Morgan fingerprint density at radius 2 is 1.87 bits per heavy atom. The van der Waals surface area contributed by atoms with Crippen LogP contribution in [0, 0.1) is 5.41 Å². The summed E-state index contributed by atoms with van der Waals surface area (Å²) in [4.78, 5) is 16.8. The van der Waals surface area contributed by atoms with E-state index < -0.39 is 29.5 Å². The maximum Gasteiger partial charge on any atom is 0.416 e. The maximum atomic E-state index is 15.8. The number of halogens is 5. The number of fused-ring (bicyclic) bond motifs is 1. The second-order valence-electron chi connectivity index (χ2n) is 11.3. The molecular weight excluding hydrogens is 517 g/mol. The minimum absolute atomic E-state index is 0.00368. The van der Waals surface area contributed by atoms with Crippen LogP contribution in [0.3, 0.4) is 0 Å². The van der Waals surface area contributed by atoms with Gasteiger partial charge in [-0.3, -0.25) is 9.69 Å². The molecule has 0 bridgehead atoms. The van der Waals surface area contributed by atoms with Gasteiger partial charge in [0.05, 0.1) is 12.1 Å². The van der Waals surface area contributed by atoms with Crippen LogP contribution in [0.5, 0.6) is 0 Å². The summed E-state index contributed by atoms with van der Waals surface area (Å²) in [5, 5.41) is 7.26. The average molecular weight is 546 g/mol. The molecule has 0 radical (unpaired) electrons. The zero-order valence-corrected chi connectivity index (χ0v) is 21.6. The number of aromatic nitrogens is 3. The molecule has 3 aliphatic rings. The second kappa shape index (κ2) is 8.84. The van der Waals surface area contributed by atoms with Gasteiger partial charge in [-0.2, -0.15) is 13.2 Å². The highest BCUT2D eigenvalue weighted by atomic mass is 19.4. The minimum Gasteiger partial charge on any atom is -0.318 e. The van der Waals surface area contributed by atoms with Crippen molar-refractivity contribution in [3.8, 4) is 0 Å². The number of carbonyl (C=O) groups excluding carboxylic acids is 1. The van der Waals surface area contributed by atoms with Crippen molar-refractivity contribution in [1.29, 1.82) is 0 Å². The lowest BCUT2D eigenvalue weighted by molar-refractivity contribution is -0.138. The van der Waals surface area contributed by atoms with Crippen LogP contribution in [0.15, 0.2) is 42.7 Å². The van der Waals surface area contributed by atoms with Crippen LogP contribution in [-0.4, -0.2) is 38.7 Å². The molecule has 0 N–H and O–H groups in total. The lowest BCUT2D eigenvalue weighted by Crippen LogP contribution is -2.27. The van der Waals surface area contributed by atoms with E-state index >= 15 is 8.78 Å². The molecule has 1 spiro atoms. The summed E-state index contributed by atoms with van der Waals surface area (Å²) in [6.07, 6.45) is -2.17. The number of benzene rings is 2. The predicted molar refractivity (Wildman–Crippen MR) is 133 cm³/mol. The fourth-order valence-corrected chi connectivity index (χ4v) is 5.92. The summed E-state index contributed by atoms with van der Waals surface area (Å²) in [5.74, 6) is -0.803. The Kier molecular flexibility index (Phi) is 5.87. The summed E-state index contributed by atoms with van der Waals surface area (Å²) in [6, 6.07) is 8.35. The van der Waals surface area contributed by atoms with Crippen LogP contribution in [-0.2, 0) is 32.0 Å². The Hall–Kier alpha value is -3.34. The van der Waals surface area contributed by atoms with E-state index in [1.165, 1.54) is 47.1 Å². The van der Waals surface area contributed by atoms with E-state index in [9.17, 15) is 18.0 Å². The van der Waals surface area contributed by atoms with Gasteiger partial charge >= 0.3 is 6.18 Å². The third kappa shape index (κ3) is 4.50. The van der Waals surface area contributed by atoms with E-state index in [4.69, 9.17) is 0 Å². The molecule has 3 heterocycles. The normalized spacial score (nSPS) is 20.9. The van der Waals surface area contributed by atoms with Crippen molar-refractivity contribution in [3.05, 3.63) is 76.4 Å². The number of nitrogens with zero attached hydrogens (tertiary/aromatic N) is 5. The van der Waals surface area contributed by atoms with Crippen molar-refractivity contribution in [1.82, 2.24) is 19.7 Å². The Labute approximate surface area is 222 Å². The number of amides is 1. The molecule has 2 aromatic carbocycles. The largest absolute Gasteiger partial charge is 0.416 e. The highest BCUT2D eigenvalue weighted by Gasteiger charge is 2.48. The quantitative estimate of drug-likeness (QED) is 0.364. The van der Waals surface area contributed by atoms with E-state index in [0.29, 0.717) is 17.5 Å². The molecule has 11 heteroatoms. The lowest BCUT2D eigenvalue weighted by atomic mass is 9.92. The van der Waals surface area contributed by atoms with Gasteiger partial charge in [0.25, 0.3) is 5.91 Å². The standard InChI is InChI=1S/C28H28F5N5O/c1-26(30,23(29)24-35-34-16-36(24)2)18-4-3-5-19(12-18)38-14-21-20(25(38)39)10-17(11-22(21)28(31,32)33)13-37-9-8-27(15-37)6-7-27/h3-5,10-12,16,23H,6-9,13-15H2,1-2H3/t23-,26+/m1/s1. The number of aryl methyl sites for hydroxylation is 1. The third-order valence-corrected chi connectivity index (χ3v) is 8.46. The molecule has 2 aliphatic heterocycles. The van der Waals surface area contributed by atoms with E-state index in [1.807, 2.05) is 0 Å². The molecule has 1 amide bonds. The molecule has 6 rings (SSSR count). The minimum atomic E-state index is -4.64. The molecular formula is C28H28F5N5O. The zero-order valence-electron chi connectivity index (χ0n) is 21.6. The van der Waals surface area contributed by atoms with E-state index in [0.717, 1.165) is 45.3 Å². The first-order chi connectivity index (χ1) is 18.4. The zero-order chi connectivity index (χ0) is 27.7. The van der Waals surface area contributed by atoms with E-state index in [1.54, 1.807) is 6.07 Å². The van der Waals surface area contributed by atoms with Gasteiger partial charge in [0.1, 0.15) is 6.33 Å². The van der Waals surface area contributed by atoms with E-state index in [2.05, 4.69) is 15.1 Å². The van der Waals surface area contributed by atoms with Gasteiger partial charge in [-0.15, -0.1) is 10.2 Å². The third-order valence-electron chi connectivity index (χ3n) is 8.46. The van der Waals surface area contributed by atoms with Gasteiger partial charge < -0.3 is 9.47 Å². The van der Waals surface area contributed by atoms with Gasteiger partial charge in [-0.25, -0.2) is 8.78 Å². The summed E-state index contributed by atoms with van der Waals surface area (Å²) in [7, 11) is 1.49. The number of likely N-dealkylation sites (tertiary alicyclic amines) is 1. The Morgan fingerprint density at radius 1 is 1.10 bits per heavy atom. The monoisotopic (exact) mass is 545 g/mol. The molecule has 1 saturated carbocycles. The van der Waals surface area contributed by atoms with Crippen molar-refractivity contribution in [2.45, 2.75) is 57.3 Å². The molecule has 1 aliphatic carbocycles. The van der Waals surface area contributed by atoms with Crippen LogP contribution in [0.4, 0.5) is 27.6 Å². The molecule has 39 heavy (non-hydrogen) atoms. The summed E-state index contributed by atoms with van der Waals surface area (Å²) in [6.45, 7) is 2.79. The van der Waals surface area contributed by atoms with Crippen LogP contribution in [0.25, 0.3) is 0 Å². The first-order valence-electron chi connectivity index (χ1n) is 12.9. The molecule has 2 fully saturated rings. The first kappa shape index (κ1) is 25.9. The summed E-state index contributed by atoms with van der Waals surface area (Å²) in [5.41, 5.74) is -2.58. The van der Waals surface area contributed by atoms with Crippen molar-refractivity contribution in [2.24, 2.45) is 12.5 Å². The highest BCUT2D eigenvalue weighted by molar-refractivity contribution is 6.10. The first-order valence-corrected chi connectivity index (χ1v) is 12.9. The molecule has 3 aromatic rings. The van der Waals surface area contributed by atoms with Gasteiger partial charge in [0, 0.05) is 31.4 Å². The number of carbonyl (C=O) groups is 1. The smallest absolute Gasteiger partial charge is 0.318 e. The van der Waals surface area contributed by atoms with Crippen LogP contribution < -0.4 is 4.90 Å². The molecule has 1 saturated heterocycles. The average Bonchev–Trinajstić information content (AvgIpc) is 3.16. The number of alkyl halides is 5. The number of hydrogen-bond donors (Lipinski definition) is 0. The van der Waals surface area contributed by atoms with Crippen molar-refractivity contribution in [2.75, 3.05) is 18.0 Å². The Balaban J connectivity index is 1.31. The summed E-state index contributed by atoms with van der Waals surface area (Å²) < 4.78 is 74.8. The Morgan fingerprint density at radius 3 is 2.51 bits per heavy atom. The topological polar surface area (TPSA) is 54.3 Å². The van der Waals surface area contributed by atoms with Crippen LogP contribution >= 0.6 is 0 Å². The van der Waals surface area contributed by atoms with Gasteiger partial charge in [0.15, 0.2) is 17.7 Å². The molecule has 6 nitrogen and oxygen atoms in total. The maximum absolute atomic E-state index is 15.8. The fourth-order valence-electron chi connectivity index (χ4n) is 5.92. The molecule has 0 unspecified atom stereocenters. The fraction of sp³-hybridized carbons (Fsp3) is 0.464. The van der Waals surface area contributed by atoms with E-state index in [-0.39, 0.29) is 34.7 Å².